The van der Waals surface area contributed by atoms with E-state index in [2.05, 4.69) is 15.5 Å². The summed E-state index contributed by atoms with van der Waals surface area (Å²) in [6.07, 6.45) is 1.58. The molecule has 0 spiro atoms. The number of amides is 1. The van der Waals surface area contributed by atoms with Crippen molar-refractivity contribution < 1.29 is 34.1 Å². The highest BCUT2D eigenvalue weighted by atomic mass is 16.5. The molecule has 0 saturated carbocycles. The molecule has 3 atom stereocenters. The van der Waals surface area contributed by atoms with Gasteiger partial charge in [-0.05, 0) is 77.4 Å². The zero-order valence-corrected chi connectivity index (χ0v) is 24.9. The molecule has 3 aromatic rings. The Morgan fingerprint density at radius 1 is 0.907 bits per heavy atom. The van der Waals surface area contributed by atoms with Crippen LogP contribution in [0.25, 0.3) is 0 Å². The number of carbonyl (C=O) groups is 3. The lowest BCUT2D eigenvalue weighted by Gasteiger charge is -2.35. The predicted octanol–water partition coefficient (Wildman–Crippen LogP) is 3.61. The maximum Gasteiger partial charge on any atom is 0.327 e. The lowest BCUT2D eigenvalue weighted by molar-refractivity contribution is -0.148. The normalized spacial score (nSPS) is 18.1. The number of aromatic hydroxyl groups is 2. The van der Waals surface area contributed by atoms with Gasteiger partial charge < -0.3 is 30.3 Å². The number of fused-ring (bicyclic) bond motifs is 2. The summed E-state index contributed by atoms with van der Waals surface area (Å²) in [6.45, 7) is 5.47. The van der Waals surface area contributed by atoms with E-state index in [0.29, 0.717) is 13.1 Å². The fraction of sp³-hybridized carbons (Fsp3) is 0.364. The van der Waals surface area contributed by atoms with Crippen molar-refractivity contribution >= 4 is 17.8 Å². The van der Waals surface area contributed by atoms with E-state index in [-0.39, 0.29) is 35.4 Å². The molecule has 10 heteroatoms. The number of nitrogens with one attached hydrogen (secondary N) is 2. The molecule has 0 bridgehead atoms. The van der Waals surface area contributed by atoms with Crippen LogP contribution in [0.2, 0.25) is 0 Å². The van der Waals surface area contributed by atoms with Gasteiger partial charge in [0, 0.05) is 26.6 Å². The molecule has 0 saturated heterocycles. The van der Waals surface area contributed by atoms with E-state index in [1.54, 1.807) is 36.4 Å². The Balaban J connectivity index is 0.000000237. The number of phenols is 2. The third-order valence-electron chi connectivity index (χ3n) is 7.78. The Morgan fingerprint density at radius 2 is 1.51 bits per heavy atom. The number of esters is 2. The summed E-state index contributed by atoms with van der Waals surface area (Å²) in [4.78, 5) is 37.3. The van der Waals surface area contributed by atoms with Crippen molar-refractivity contribution in [3.05, 3.63) is 94.0 Å². The summed E-state index contributed by atoms with van der Waals surface area (Å²) < 4.78 is 9.76. The maximum atomic E-state index is 12.5. The number of ether oxygens (including phenoxy) is 2. The van der Waals surface area contributed by atoms with E-state index in [1.165, 1.54) is 21.1 Å². The third-order valence-corrected chi connectivity index (χ3v) is 7.78. The Morgan fingerprint density at radius 3 is 2.12 bits per heavy atom. The molecule has 1 amide bonds. The van der Waals surface area contributed by atoms with E-state index in [0.717, 1.165) is 52.8 Å². The van der Waals surface area contributed by atoms with Gasteiger partial charge in [-0.15, -0.1) is 0 Å². The highest BCUT2D eigenvalue weighted by Crippen LogP contribution is 2.34. The topological polar surface area (TPSA) is 137 Å². The van der Waals surface area contributed by atoms with Gasteiger partial charge in [0.15, 0.2) is 0 Å². The van der Waals surface area contributed by atoms with E-state index in [9.17, 15) is 24.6 Å². The predicted molar refractivity (Wildman–Crippen MR) is 160 cm³/mol. The molecule has 2 heterocycles. The largest absolute Gasteiger partial charge is 0.508 e. The number of carbonyl (C=O) groups excluding carboxylic acids is 3. The number of methoxy groups -OCH3 is 2. The summed E-state index contributed by atoms with van der Waals surface area (Å²) in [5.41, 5.74) is 5.87. The first kappa shape index (κ1) is 31.5. The maximum absolute atomic E-state index is 12.5. The van der Waals surface area contributed by atoms with Crippen LogP contribution in [0, 0.1) is 0 Å². The van der Waals surface area contributed by atoms with Crippen molar-refractivity contribution in [1.82, 2.24) is 15.5 Å². The standard InChI is InChI=1S/C22H26N2O4.C11H13NO3/c1-14(23-15(2)25)17-6-4-16(5-7-17)13-24-11-10-18-12-19(26)8-9-20(18)21(24)22(27)28-3;1-15-11(14)10-9-3-2-8(13)6-7(9)4-5-12-10/h4-9,12,14,21,26H,10-11,13H2,1-3H3,(H,23,25);2-3,6,10,12-13H,4-5H2,1H3/t14-,21?;/m0./s1. The zero-order chi connectivity index (χ0) is 31.1. The molecule has 2 aliphatic rings. The second-order valence-electron chi connectivity index (χ2n) is 10.7. The molecular formula is C33H39N3O7. The first-order valence-corrected chi connectivity index (χ1v) is 14.2. The molecular weight excluding hydrogens is 550 g/mol. The van der Waals surface area contributed by atoms with Gasteiger partial charge in [0.2, 0.25) is 5.91 Å². The molecule has 0 fully saturated rings. The van der Waals surface area contributed by atoms with E-state index in [1.807, 2.05) is 31.2 Å². The van der Waals surface area contributed by atoms with Crippen molar-refractivity contribution in [1.29, 1.82) is 0 Å². The summed E-state index contributed by atoms with van der Waals surface area (Å²) in [7, 11) is 2.77. The molecule has 3 aromatic carbocycles. The van der Waals surface area contributed by atoms with Gasteiger partial charge >= 0.3 is 11.9 Å². The van der Waals surface area contributed by atoms with Crippen LogP contribution in [0.1, 0.15) is 65.4 Å². The Hall–Kier alpha value is -4.41. The molecule has 2 aliphatic heterocycles. The number of phenolic OH excluding ortho intramolecular Hbond substituents is 2. The minimum Gasteiger partial charge on any atom is -0.508 e. The van der Waals surface area contributed by atoms with Crippen molar-refractivity contribution in [2.45, 2.75) is 51.4 Å². The Labute approximate surface area is 251 Å². The van der Waals surface area contributed by atoms with Gasteiger partial charge in [0.05, 0.1) is 20.3 Å². The summed E-state index contributed by atoms with van der Waals surface area (Å²) in [5, 5.41) is 25.0. The van der Waals surface area contributed by atoms with Crippen LogP contribution in [-0.2, 0) is 43.2 Å². The SMILES string of the molecule is COC(=O)C1NCCc2cc(O)ccc21.COC(=O)C1c2ccc(O)cc2CCN1Cc1ccc([C@H](C)NC(C)=O)cc1. The van der Waals surface area contributed by atoms with Crippen LogP contribution in [0.4, 0.5) is 0 Å². The summed E-state index contributed by atoms with van der Waals surface area (Å²) in [5.74, 6) is -0.210. The van der Waals surface area contributed by atoms with E-state index >= 15 is 0 Å². The van der Waals surface area contributed by atoms with Gasteiger partial charge in [0.25, 0.3) is 0 Å². The van der Waals surface area contributed by atoms with Crippen molar-refractivity contribution in [3.63, 3.8) is 0 Å². The summed E-state index contributed by atoms with van der Waals surface area (Å²) in [6, 6.07) is 17.3. The minimum atomic E-state index is -0.493. The molecule has 10 nitrogen and oxygen atoms in total. The Bertz CT molecular complexity index is 1460. The first-order valence-electron chi connectivity index (χ1n) is 14.2. The van der Waals surface area contributed by atoms with Gasteiger partial charge in [-0.2, -0.15) is 0 Å². The van der Waals surface area contributed by atoms with E-state index < -0.39 is 12.1 Å². The molecule has 2 unspecified atom stereocenters. The van der Waals surface area contributed by atoms with Crippen molar-refractivity contribution in [3.8, 4) is 11.5 Å². The van der Waals surface area contributed by atoms with Gasteiger partial charge in [-0.3, -0.25) is 9.69 Å². The number of rotatable bonds is 6. The van der Waals surface area contributed by atoms with Gasteiger partial charge in [-0.25, -0.2) is 9.59 Å². The number of hydrogen-bond acceptors (Lipinski definition) is 9. The number of hydrogen-bond donors (Lipinski definition) is 4. The van der Waals surface area contributed by atoms with E-state index in [4.69, 9.17) is 9.47 Å². The fourth-order valence-electron chi connectivity index (χ4n) is 5.64. The lowest BCUT2D eigenvalue weighted by atomic mass is 9.91. The monoisotopic (exact) mass is 589 g/mol. The second-order valence-corrected chi connectivity index (χ2v) is 10.7. The van der Waals surface area contributed by atoms with Crippen molar-refractivity contribution in [2.24, 2.45) is 0 Å². The van der Waals surface area contributed by atoms with Gasteiger partial charge in [-0.1, -0.05) is 36.4 Å². The number of benzene rings is 3. The molecule has 0 aliphatic carbocycles. The molecule has 0 radical (unpaired) electrons. The molecule has 4 N–H and O–H groups in total. The van der Waals surface area contributed by atoms with Gasteiger partial charge in [0.1, 0.15) is 23.6 Å². The smallest absolute Gasteiger partial charge is 0.327 e. The second kappa shape index (κ2) is 14.2. The first-order chi connectivity index (χ1) is 20.6. The highest BCUT2D eigenvalue weighted by molar-refractivity contribution is 5.79. The molecule has 5 rings (SSSR count). The molecule has 228 valence electrons. The van der Waals surface area contributed by atoms with Crippen LogP contribution < -0.4 is 10.6 Å². The van der Waals surface area contributed by atoms with Crippen LogP contribution in [0.3, 0.4) is 0 Å². The fourth-order valence-corrected chi connectivity index (χ4v) is 5.64. The number of nitrogens with zero attached hydrogens (tertiary/aromatic N) is 1. The summed E-state index contributed by atoms with van der Waals surface area (Å²) >= 11 is 0. The van der Waals surface area contributed by atoms with Crippen LogP contribution in [0.5, 0.6) is 11.5 Å². The average Bonchev–Trinajstić information content (AvgIpc) is 3.00. The Kier molecular flexibility index (Phi) is 10.4. The zero-order valence-electron chi connectivity index (χ0n) is 24.9. The van der Waals surface area contributed by atoms with Crippen LogP contribution in [-0.4, -0.2) is 60.3 Å². The minimum absolute atomic E-state index is 0.0519. The molecule has 0 aromatic heterocycles. The average molecular weight is 590 g/mol. The highest BCUT2D eigenvalue weighted by Gasteiger charge is 2.34. The molecule has 43 heavy (non-hydrogen) atoms. The lowest BCUT2D eigenvalue weighted by Crippen LogP contribution is -2.39. The van der Waals surface area contributed by atoms with Crippen LogP contribution in [0.15, 0.2) is 60.7 Å². The quantitative estimate of drug-likeness (QED) is 0.318. The third kappa shape index (κ3) is 7.71. The van der Waals surface area contributed by atoms with Crippen LogP contribution >= 0.6 is 0 Å². The van der Waals surface area contributed by atoms with Crippen molar-refractivity contribution in [2.75, 3.05) is 27.3 Å².